The quantitative estimate of drug-likeness (QED) is 0.268. The second-order valence-corrected chi connectivity index (χ2v) is 8.37. The Labute approximate surface area is 204 Å². The average Bonchev–Trinajstić information content (AvgIpc) is 2.89. The predicted octanol–water partition coefficient (Wildman–Crippen LogP) is 4.41. The van der Waals surface area contributed by atoms with E-state index >= 15 is 0 Å². The van der Waals surface area contributed by atoms with E-state index in [0.29, 0.717) is 16.7 Å². The Balaban J connectivity index is 1.59. The number of carbonyl (C=O) groups excluding carboxylic acids is 3. The van der Waals surface area contributed by atoms with Crippen molar-refractivity contribution in [3.05, 3.63) is 108 Å². The van der Waals surface area contributed by atoms with Gasteiger partial charge in [-0.25, -0.2) is 14.4 Å². The number of esters is 3. The van der Waals surface area contributed by atoms with E-state index in [1.807, 2.05) is 0 Å². The van der Waals surface area contributed by atoms with Gasteiger partial charge in [-0.1, -0.05) is 70.5 Å². The Morgan fingerprint density at radius 1 is 0.618 bits per heavy atom. The zero-order valence-corrected chi connectivity index (χ0v) is 19.5. The van der Waals surface area contributed by atoms with Gasteiger partial charge in [0.25, 0.3) is 0 Å². The number of halogens is 1. The zero-order valence-electron chi connectivity index (χ0n) is 17.9. The summed E-state index contributed by atoms with van der Waals surface area (Å²) in [7, 11) is 0. The standard InChI is InChI=1S/C26H21BrO7/c27-23-22(34-26(30)19-14-8-3-9-15-19)21(33-25(29)18-12-6-2-7-13-18)20(16-31-23)32-24(28)17-10-4-1-5-11-17/h1-15,20-23H,16H2/t20-,21-,22-,23-/m1/s1. The zero-order chi connectivity index (χ0) is 23.9. The SMILES string of the molecule is O=C(O[C@@H]1[C@H](OC(=O)c2ccccc2)[C@H](OC(=O)c2ccccc2)CO[C@H]1Br)c1ccccc1. The van der Waals surface area contributed by atoms with Crippen molar-refractivity contribution >= 4 is 33.8 Å². The predicted molar refractivity (Wildman–Crippen MR) is 126 cm³/mol. The molecule has 1 heterocycles. The summed E-state index contributed by atoms with van der Waals surface area (Å²) in [5.41, 5.74) is 0.953. The molecular weight excluding hydrogens is 504 g/mol. The maximum absolute atomic E-state index is 12.9. The summed E-state index contributed by atoms with van der Waals surface area (Å²) in [5.74, 6) is -1.89. The summed E-state index contributed by atoms with van der Waals surface area (Å²) in [5, 5.41) is -0.791. The van der Waals surface area contributed by atoms with Crippen molar-refractivity contribution in [2.45, 2.75) is 23.3 Å². The molecule has 0 amide bonds. The summed E-state index contributed by atoms with van der Waals surface area (Å²) >= 11 is 3.35. The molecule has 3 aromatic rings. The maximum Gasteiger partial charge on any atom is 0.338 e. The molecule has 34 heavy (non-hydrogen) atoms. The minimum Gasteiger partial charge on any atom is -0.452 e. The van der Waals surface area contributed by atoms with Crippen molar-refractivity contribution in [2.24, 2.45) is 0 Å². The maximum atomic E-state index is 12.9. The van der Waals surface area contributed by atoms with Crippen molar-refractivity contribution in [1.29, 1.82) is 0 Å². The molecule has 1 fully saturated rings. The van der Waals surface area contributed by atoms with Crippen LogP contribution < -0.4 is 0 Å². The summed E-state index contributed by atoms with van der Waals surface area (Å²) in [6, 6.07) is 25.2. The van der Waals surface area contributed by atoms with Gasteiger partial charge in [-0.2, -0.15) is 0 Å². The van der Waals surface area contributed by atoms with Crippen LogP contribution in [0.3, 0.4) is 0 Å². The summed E-state index contributed by atoms with van der Waals surface area (Å²) in [6.07, 6.45) is -3.21. The van der Waals surface area contributed by atoms with Crippen molar-refractivity contribution in [1.82, 2.24) is 0 Å². The van der Waals surface area contributed by atoms with Crippen molar-refractivity contribution in [3.8, 4) is 0 Å². The number of carbonyl (C=O) groups is 3. The Hall–Kier alpha value is -3.49. The van der Waals surface area contributed by atoms with Crippen LogP contribution >= 0.6 is 15.9 Å². The Bertz CT molecular complexity index is 1120. The first kappa shape index (κ1) is 23.7. The Kier molecular flexibility index (Phi) is 7.72. The second kappa shape index (κ2) is 11.1. The van der Waals surface area contributed by atoms with E-state index in [-0.39, 0.29) is 6.61 Å². The van der Waals surface area contributed by atoms with Crippen LogP contribution in [-0.2, 0) is 18.9 Å². The van der Waals surface area contributed by atoms with Crippen LogP contribution in [0.2, 0.25) is 0 Å². The summed E-state index contributed by atoms with van der Waals surface area (Å²) in [6.45, 7) is -0.0688. The second-order valence-electron chi connectivity index (χ2n) is 7.47. The molecule has 0 saturated carbocycles. The smallest absolute Gasteiger partial charge is 0.338 e. The van der Waals surface area contributed by atoms with Crippen LogP contribution in [0, 0.1) is 0 Å². The molecule has 0 N–H and O–H groups in total. The fourth-order valence-electron chi connectivity index (χ4n) is 3.41. The molecule has 7 nitrogen and oxygen atoms in total. The first-order chi connectivity index (χ1) is 16.5. The van der Waals surface area contributed by atoms with Gasteiger partial charge in [-0.15, -0.1) is 0 Å². The summed E-state index contributed by atoms with van der Waals surface area (Å²) in [4.78, 5) is 38.3. The first-order valence-corrected chi connectivity index (χ1v) is 11.5. The third-order valence-electron chi connectivity index (χ3n) is 5.14. The van der Waals surface area contributed by atoms with Crippen molar-refractivity contribution in [3.63, 3.8) is 0 Å². The topological polar surface area (TPSA) is 88.1 Å². The van der Waals surface area contributed by atoms with Crippen LogP contribution in [0.1, 0.15) is 31.1 Å². The van der Waals surface area contributed by atoms with Crippen molar-refractivity contribution < 1.29 is 33.3 Å². The van der Waals surface area contributed by atoms with Gasteiger partial charge in [0.2, 0.25) is 0 Å². The van der Waals surface area contributed by atoms with Crippen LogP contribution in [0.4, 0.5) is 0 Å². The van der Waals surface area contributed by atoms with Crippen LogP contribution in [0.25, 0.3) is 0 Å². The monoisotopic (exact) mass is 524 g/mol. The van der Waals surface area contributed by atoms with Gasteiger partial charge in [-0.3, -0.25) is 0 Å². The first-order valence-electron chi connectivity index (χ1n) is 10.6. The highest BCUT2D eigenvalue weighted by Gasteiger charge is 2.47. The van der Waals surface area contributed by atoms with Gasteiger partial charge in [0.1, 0.15) is 0 Å². The van der Waals surface area contributed by atoms with Gasteiger partial charge in [0, 0.05) is 0 Å². The fourth-order valence-corrected chi connectivity index (χ4v) is 3.97. The largest absolute Gasteiger partial charge is 0.452 e. The van der Waals surface area contributed by atoms with E-state index in [0.717, 1.165) is 0 Å². The third-order valence-corrected chi connectivity index (χ3v) is 5.93. The lowest BCUT2D eigenvalue weighted by Gasteiger charge is -2.38. The van der Waals surface area contributed by atoms with E-state index < -0.39 is 41.2 Å². The highest BCUT2D eigenvalue weighted by molar-refractivity contribution is 9.09. The molecular formula is C26H21BrO7. The molecule has 4 rings (SSSR count). The number of hydrogen-bond acceptors (Lipinski definition) is 7. The normalized spacial score (nSPS) is 21.8. The lowest BCUT2D eigenvalue weighted by Crippen LogP contribution is -2.56. The Morgan fingerprint density at radius 3 is 1.44 bits per heavy atom. The van der Waals surface area contributed by atoms with Crippen LogP contribution in [0.15, 0.2) is 91.0 Å². The highest BCUT2D eigenvalue weighted by atomic mass is 79.9. The molecule has 0 aliphatic carbocycles. The molecule has 0 unspecified atom stereocenters. The molecule has 1 saturated heterocycles. The van der Waals surface area contributed by atoms with E-state index in [1.165, 1.54) is 0 Å². The van der Waals surface area contributed by atoms with Crippen LogP contribution in [0.5, 0.6) is 0 Å². The molecule has 1 aliphatic rings. The third kappa shape index (κ3) is 5.70. The number of benzene rings is 3. The molecule has 174 valence electrons. The van der Waals surface area contributed by atoms with Crippen molar-refractivity contribution in [2.75, 3.05) is 6.61 Å². The van der Waals surface area contributed by atoms with E-state index in [2.05, 4.69) is 15.9 Å². The van der Waals surface area contributed by atoms with Gasteiger partial charge >= 0.3 is 17.9 Å². The van der Waals surface area contributed by atoms with E-state index in [9.17, 15) is 14.4 Å². The minimum atomic E-state index is -1.12. The number of hydrogen-bond donors (Lipinski definition) is 0. The van der Waals surface area contributed by atoms with Gasteiger partial charge < -0.3 is 18.9 Å². The molecule has 0 bridgehead atoms. The molecule has 3 aromatic carbocycles. The van der Waals surface area contributed by atoms with Crippen LogP contribution in [-0.4, -0.2) is 47.8 Å². The Morgan fingerprint density at radius 2 is 1.00 bits per heavy atom. The van der Waals surface area contributed by atoms with E-state index in [1.54, 1.807) is 91.0 Å². The number of ether oxygens (including phenoxy) is 4. The van der Waals surface area contributed by atoms with Gasteiger partial charge in [-0.05, 0) is 36.4 Å². The number of alkyl halides is 1. The molecule has 0 spiro atoms. The summed E-state index contributed by atoms with van der Waals surface area (Å²) < 4.78 is 22.7. The molecule has 0 radical (unpaired) electrons. The highest BCUT2D eigenvalue weighted by Crippen LogP contribution is 2.29. The minimum absolute atomic E-state index is 0.0688. The van der Waals surface area contributed by atoms with E-state index in [4.69, 9.17) is 18.9 Å². The fraction of sp³-hybridized carbons (Fsp3) is 0.192. The molecule has 0 aromatic heterocycles. The number of rotatable bonds is 6. The molecule has 4 atom stereocenters. The lowest BCUT2D eigenvalue weighted by atomic mass is 10.0. The average molecular weight is 525 g/mol. The molecule has 1 aliphatic heterocycles. The molecule has 8 heteroatoms. The lowest BCUT2D eigenvalue weighted by molar-refractivity contribution is -0.165. The van der Waals surface area contributed by atoms with Gasteiger partial charge in [0.15, 0.2) is 23.3 Å². The van der Waals surface area contributed by atoms with Gasteiger partial charge in [0.05, 0.1) is 23.3 Å².